The fourth-order valence-electron chi connectivity index (χ4n) is 2.65. The van der Waals surface area contributed by atoms with Crippen molar-refractivity contribution < 1.29 is 24.0 Å². The quantitative estimate of drug-likeness (QED) is 0.450. The first-order valence-electron chi connectivity index (χ1n) is 7.56. The van der Waals surface area contributed by atoms with Gasteiger partial charge < -0.3 is 10.2 Å². The highest BCUT2D eigenvalue weighted by molar-refractivity contribution is 5.97. The minimum absolute atomic E-state index is 0.146. The summed E-state index contributed by atoms with van der Waals surface area (Å²) in [7, 11) is 0. The maximum absolute atomic E-state index is 12.8. The Kier molecular flexibility index (Phi) is 5.80. The second kappa shape index (κ2) is 7.82. The first-order chi connectivity index (χ1) is 11.4. The van der Waals surface area contributed by atoms with Gasteiger partial charge in [0, 0.05) is 6.54 Å². The lowest BCUT2D eigenvalue weighted by Crippen LogP contribution is -2.47. The number of rotatable bonds is 6. The number of pyridine rings is 1. The van der Waals surface area contributed by atoms with Crippen LogP contribution in [0.5, 0.6) is 0 Å². The summed E-state index contributed by atoms with van der Waals surface area (Å²) in [4.78, 5) is 40.4. The van der Waals surface area contributed by atoms with E-state index in [1.165, 1.54) is 17.0 Å². The van der Waals surface area contributed by atoms with E-state index in [1.807, 2.05) is 0 Å². The highest BCUT2D eigenvalue weighted by Gasteiger charge is 2.36. The number of nitrogens with one attached hydrogen (secondary N) is 1. The zero-order chi connectivity index (χ0) is 17.7. The number of likely N-dealkylation sites (tertiary alicyclic amines) is 1. The Morgan fingerprint density at radius 2 is 2.33 bits per heavy atom. The number of hydroxylamine groups is 2. The molecule has 0 spiro atoms. The average Bonchev–Trinajstić information content (AvgIpc) is 3.05. The number of hydrogen-bond acceptors (Lipinski definition) is 5. The molecule has 0 radical (unpaired) electrons. The van der Waals surface area contributed by atoms with E-state index in [-0.39, 0.29) is 24.7 Å². The van der Waals surface area contributed by atoms with Crippen LogP contribution in [0.15, 0.2) is 18.3 Å². The maximum Gasteiger partial charge on any atom is 0.248 e. The molecule has 8 nitrogen and oxygen atoms in total. The van der Waals surface area contributed by atoms with Crippen LogP contribution < -0.4 is 5.32 Å². The third-order valence-corrected chi connectivity index (χ3v) is 3.82. The number of amides is 3. The molecule has 0 saturated carbocycles. The predicted octanol–water partition coefficient (Wildman–Crippen LogP) is 0.634. The second-order valence-corrected chi connectivity index (χ2v) is 5.67. The van der Waals surface area contributed by atoms with Crippen molar-refractivity contribution in [2.24, 2.45) is 5.92 Å². The molecule has 2 rings (SSSR count). The molecule has 1 aliphatic rings. The molecule has 9 heteroatoms. The van der Waals surface area contributed by atoms with Crippen LogP contribution in [0.25, 0.3) is 0 Å². The van der Waals surface area contributed by atoms with Gasteiger partial charge >= 0.3 is 0 Å². The standard InChI is InChI=1S/C15H19FN4O4/c1-10(8-19(24)9-21)15(23)20-6-2-3-12(20)14(22)18-13-5-4-11(16)7-17-13/h4-5,7,9-10,12,24H,2-3,6,8H2,1H3,(H,17,18,22)/t10-,12+/m1/s1. The maximum atomic E-state index is 12.8. The lowest BCUT2D eigenvalue weighted by atomic mass is 10.1. The lowest BCUT2D eigenvalue weighted by Gasteiger charge is -2.27. The molecule has 2 N–H and O–H groups in total. The van der Waals surface area contributed by atoms with Gasteiger partial charge in [-0.05, 0) is 25.0 Å². The molecule has 1 fully saturated rings. The molecule has 1 saturated heterocycles. The minimum Gasteiger partial charge on any atom is -0.330 e. The Bertz CT molecular complexity index is 610. The van der Waals surface area contributed by atoms with Crippen molar-refractivity contribution in [1.82, 2.24) is 14.9 Å². The van der Waals surface area contributed by atoms with Crippen molar-refractivity contribution in [2.75, 3.05) is 18.4 Å². The van der Waals surface area contributed by atoms with E-state index in [1.54, 1.807) is 6.92 Å². The molecule has 1 aliphatic heterocycles. The monoisotopic (exact) mass is 338 g/mol. The van der Waals surface area contributed by atoms with Crippen molar-refractivity contribution in [2.45, 2.75) is 25.8 Å². The molecule has 1 aromatic heterocycles. The highest BCUT2D eigenvalue weighted by atomic mass is 19.1. The van der Waals surface area contributed by atoms with Gasteiger partial charge in [-0.2, -0.15) is 0 Å². The Balaban J connectivity index is 2.00. The molecule has 130 valence electrons. The molecule has 24 heavy (non-hydrogen) atoms. The van der Waals surface area contributed by atoms with Gasteiger partial charge in [-0.3, -0.25) is 19.6 Å². The first kappa shape index (κ1) is 17.8. The molecule has 2 heterocycles. The SMILES string of the molecule is C[C@H](CN(O)C=O)C(=O)N1CCC[C@H]1C(=O)Nc1ccc(F)cn1. The van der Waals surface area contributed by atoms with Crippen LogP contribution in [0.1, 0.15) is 19.8 Å². The Hall–Kier alpha value is -2.55. The summed E-state index contributed by atoms with van der Waals surface area (Å²) in [5, 5.41) is 12.1. The summed E-state index contributed by atoms with van der Waals surface area (Å²) < 4.78 is 12.8. The van der Waals surface area contributed by atoms with Gasteiger partial charge in [0.25, 0.3) is 0 Å². The minimum atomic E-state index is -0.657. The number of anilines is 1. The largest absolute Gasteiger partial charge is 0.330 e. The summed E-state index contributed by atoms with van der Waals surface area (Å²) in [5.74, 6) is -1.67. The average molecular weight is 338 g/mol. The zero-order valence-electron chi connectivity index (χ0n) is 13.2. The summed E-state index contributed by atoms with van der Waals surface area (Å²) in [6.45, 7) is 1.85. The van der Waals surface area contributed by atoms with Crippen LogP contribution in [-0.4, -0.2) is 57.5 Å². The van der Waals surface area contributed by atoms with E-state index >= 15 is 0 Å². The number of aromatic nitrogens is 1. The van der Waals surface area contributed by atoms with Crippen LogP contribution in [0.4, 0.5) is 10.2 Å². The number of hydrogen-bond donors (Lipinski definition) is 2. The van der Waals surface area contributed by atoms with E-state index in [0.29, 0.717) is 24.4 Å². The van der Waals surface area contributed by atoms with Crippen molar-refractivity contribution in [3.05, 3.63) is 24.1 Å². The smallest absolute Gasteiger partial charge is 0.248 e. The fraction of sp³-hybridized carbons (Fsp3) is 0.467. The Morgan fingerprint density at radius 1 is 1.58 bits per heavy atom. The third kappa shape index (κ3) is 4.25. The summed E-state index contributed by atoms with van der Waals surface area (Å²) in [5.41, 5.74) is 0. The van der Waals surface area contributed by atoms with Crippen molar-refractivity contribution in [1.29, 1.82) is 0 Å². The molecule has 1 aromatic rings. The molecule has 0 bridgehead atoms. The third-order valence-electron chi connectivity index (χ3n) is 3.82. The van der Waals surface area contributed by atoms with E-state index in [2.05, 4.69) is 10.3 Å². The van der Waals surface area contributed by atoms with E-state index in [0.717, 1.165) is 6.20 Å². The molecular formula is C15H19FN4O4. The highest BCUT2D eigenvalue weighted by Crippen LogP contribution is 2.21. The number of nitrogens with zero attached hydrogens (tertiary/aromatic N) is 3. The summed E-state index contributed by atoms with van der Waals surface area (Å²) >= 11 is 0. The van der Waals surface area contributed by atoms with Crippen LogP contribution in [0.3, 0.4) is 0 Å². The molecule has 2 atom stereocenters. The Labute approximate surface area is 138 Å². The van der Waals surface area contributed by atoms with Gasteiger partial charge in [0.1, 0.15) is 17.7 Å². The predicted molar refractivity (Wildman–Crippen MR) is 81.3 cm³/mol. The molecule has 0 aliphatic carbocycles. The van der Waals surface area contributed by atoms with Crippen molar-refractivity contribution in [3.8, 4) is 0 Å². The first-order valence-corrected chi connectivity index (χ1v) is 7.56. The molecular weight excluding hydrogens is 319 g/mol. The number of carbonyl (C=O) groups excluding carboxylic acids is 3. The van der Waals surface area contributed by atoms with Crippen LogP contribution in [-0.2, 0) is 14.4 Å². The molecule has 0 aromatic carbocycles. The zero-order valence-corrected chi connectivity index (χ0v) is 13.2. The lowest BCUT2D eigenvalue weighted by molar-refractivity contribution is -0.156. The van der Waals surface area contributed by atoms with Crippen LogP contribution in [0.2, 0.25) is 0 Å². The van der Waals surface area contributed by atoms with Gasteiger partial charge in [0.05, 0.1) is 18.7 Å². The van der Waals surface area contributed by atoms with Gasteiger partial charge in [-0.25, -0.2) is 14.4 Å². The molecule has 3 amide bonds. The van der Waals surface area contributed by atoms with E-state index in [4.69, 9.17) is 0 Å². The summed E-state index contributed by atoms with van der Waals surface area (Å²) in [6.07, 6.45) is 2.38. The van der Waals surface area contributed by atoms with Gasteiger partial charge in [-0.1, -0.05) is 6.92 Å². The normalized spacial score (nSPS) is 18.1. The van der Waals surface area contributed by atoms with E-state index < -0.39 is 23.7 Å². The number of carbonyl (C=O) groups is 3. The topological polar surface area (TPSA) is 103 Å². The number of halogens is 1. The Morgan fingerprint density at radius 3 is 2.96 bits per heavy atom. The summed E-state index contributed by atoms with van der Waals surface area (Å²) in [6, 6.07) is 1.86. The van der Waals surface area contributed by atoms with Crippen molar-refractivity contribution in [3.63, 3.8) is 0 Å². The van der Waals surface area contributed by atoms with Crippen molar-refractivity contribution >= 4 is 24.0 Å². The fourth-order valence-corrected chi connectivity index (χ4v) is 2.65. The van der Waals surface area contributed by atoms with Gasteiger partial charge in [0.2, 0.25) is 18.2 Å². The van der Waals surface area contributed by atoms with Gasteiger partial charge in [-0.15, -0.1) is 0 Å². The second-order valence-electron chi connectivity index (χ2n) is 5.67. The van der Waals surface area contributed by atoms with Crippen LogP contribution >= 0.6 is 0 Å². The van der Waals surface area contributed by atoms with Crippen LogP contribution in [0, 0.1) is 11.7 Å². The van der Waals surface area contributed by atoms with Gasteiger partial charge in [0.15, 0.2) is 0 Å². The molecule has 0 unspecified atom stereocenters. The van der Waals surface area contributed by atoms with E-state index in [9.17, 15) is 24.0 Å².